The first-order valence-electron chi connectivity index (χ1n) is 17.0. The van der Waals surface area contributed by atoms with E-state index < -0.39 is 73.6 Å². The molecular weight excluding hydrogens is 760 g/mol. The lowest BCUT2D eigenvalue weighted by molar-refractivity contribution is -0.137. The monoisotopic (exact) mass is 790 g/mol. The average Bonchev–Trinajstić information content (AvgIpc) is 3.48. The Kier molecular flexibility index (Phi) is 11.3. The summed E-state index contributed by atoms with van der Waals surface area (Å²) in [5, 5.41) is 6.72. The van der Waals surface area contributed by atoms with Gasteiger partial charge in [0.25, 0.3) is 21.8 Å². The maximum Gasteiger partial charge on any atom is 0.418 e. The fourth-order valence-corrected chi connectivity index (χ4v) is 7.02. The number of unbranched alkanes of at least 4 members (excludes halogenated alkanes) is 1. The molecule has 0 atom stereocenters. The molecule has 56 heavy (non-hydrogen) atoms. The first-order valence-corrected chi connectivity index (χ1v) is 18.5. The molecule has 0 saturated carbocycles. The highest BCUT2D eigenvalue weighted by atomic mass is 32.2. The number of rotatable bonds is 12. The van der Waals surface area contributed by atoms with Gasteiger partial charge in [0, 0.05) is 29.4 Å². The number of halogens is 5. The second-order valence-electron chi connectivity index (χ2n) is 12.4. The van der Waals surface area contributed by atoms with E-state index in [4.69, 9.17) is 0 Å². The molecule has 0 aliphatic carbocycles. The van der Waals surface area contributed by atoms with Crippen LogP contribution in [0.3, 0.4) is 0 Å². The van der Waals surface area contributed by atoms with Crippen molar-refractivity contribution in [1.82, 2.24) is 24.1 Å². The Balaban J connectivity index is 1.34. The van der Waals surface area contributed by atoms with Gasteiger partial charge in [0.2, 0.25) is 0 Å². The second-order valence-corrected chi connectivity index (χ2v) is 14.1. The topological polar surface area (TPSA) is 145 Å². The van der Waals surface area contributed by atoms with Gasteiger partial charge in [0.05, 0.1) is 28.3 Å². The molecule has 17 heteroatoms. The number of sulfonamides is 1. The van der Waals surface area contributed by atoms with Crippen LogP contribution in [0.2, 0.25) is 0 Å². The molecule has 0 aliphatic rings. The molecular formula is C39H31F5N6O5S. The van der Waals surface area contributed by atoms with Gasteiger partial charge in [-0.05, 0) is 66.6 Å². The van der Waals surface area contributed by atoms with Crippen molar-refractivity contribution in [2.45, 2.75) is 43.8 Å². The zero-order valence-corrected chi connectivity index (χ0v) is 30.2. The van der Waals surface area contributed by atoms with Crippen LogP contribution >= 0.6 is 0 Å². The second kappa shape index (κ2) is 16.1. The molecule has 6 rings (SSSR count). The van der Waals surface area contributed by atoms with Crippen molar-refractivity contribution in [2.24, 2.45) is 0 Å². The number of aromatic nitrogens is 4. The Labute approximate surface area is 316 Å². The van der Waals surface area contributed by atoms with Gasteiger partial charge in [-0.15, -0.1) is 5.10 Å². The lowest BCUT2D eigenvalue weighted by Gasteiger charge is -2.14. The van der Waals surface area contributed by atoms with E-state index in [9.17, 15) is 40.4 Å². The third-order valence-corrected chi connectivity index (χ3v) is 9.98. The number of hydrogen-bond donors (Lipinski definition) is 2. The van der Waals surface area contributed by atoms with Crippen molar-refractivity contribution in [3.8, 4) is 16.8 Å². The van der Waals surface area contributed by atoms with Gasteiger partial charge in [0.1, 0.15) is 23.2 Å². The highest BCUT2D eigenvalue weighted by Gasteiger charge is 2.35. The predicted molar refractivity (Wildman–Crippen MR) is 196 cm³/mol. The maximum atomic E-state index is 15.9. The Hall–Kier alpha value is -6.49. The van der Waals surface area contributed by atoms with Crippen LogP contribution in [0.1, 0.15) is 57.6 Å². The molecule has 0 fully saturated rings. The minimum atomic E-state index is -4.93. The van der Waals surface area contributed by atoms with E-state index in [1.807, 2.05) is 11.6 Å². The number of anilines is 1. The van der Waals surface area contributed by atoms with E-state index in [-0.39, 0.29) is 40.3 Å². The van der Waals surface area contributed by atoms with Gasteiger partial charge >= 0.3 is 11.9 Å². The standard InChI is InChI=1S/C39H31F5N6O5S/c1-2-3-15-35-47-50(33-22-26(18-19-29(33)39(42,43)44)46-37(52)32-13-8-9-20-45-32)38(53)49(35)23-25-17-16-24(21-31(25)41)27-10-5-7-14-34(27)56(54,55)48-36(51)28-11-4-6-12-30(28)40/h4-14,16-22H,2-3,15,23H2,1H3,(H,46,52)(H,48,51). The summed E-state index contributed by atoms with van der Waals surface area (Å²) in [6, 6.07) is 21.2. The number of benzene rings is 4. The Morgan fingerprint density at radius 3 is 2.27 bits per heavy atom. The molecule has 0 bridgehead atoms. The summed E-state index contributed by atoms with van der Waals surface area (Å²) in [4.78, 5) is 42.8. The van der Waals surface area contributed by atoms with E-state index >= 15 is 4.39 Å². The summed E-state index contributed by atoms with van der Waals surface area (Å²) >= 11 is 0. The van der Waals surface area contributed by atoms with E-state index in [0.29, 0.717) is 23.6 Å². The lowest BCUT2D eigenvalue weighted by Crippen LogP contribution is -2.31. The van der Waals surface area contributed by atoms with Gasteiger partial charge in [-0.3, -0.25) is 19.1 Å². The number of aryl methyl sites for hydroxylation is 1. The molecule has 6 aromatic rings. The fraction of sp³-hybridized carbons (Fsp3) is 0.154. The number of pyridine rings is 1. The highest BCUT2D eigenvalue weighted by molar-refractivity contribution is 7.90. The lowest BCUT2D eigenvalue weighted by atomic mass is 10.0. The molecule has 0 spiro atoms. The molecule has 2 aromatic heterocycles. The molecule has 4 aromatic carbocycles. The first-order chi connectivity index (χ1) is 26.7. The van der Waals surface area contributed by atoms with Crippen molar-refractivity contribution in [1.29, 1.82) is 0 Å². The summed E-state index contributed by atoms with van der Waals surface area (Å²) < 4.78 is 103. The van der Waals surface area contributed by atoms with Gasteiger partial charge in [-0.1, -0.05) is 61.9 Å². The third kappa shape index (κ3) is 8.42. The number of amides is 2. The zero-order chi connectivity index (χ0) is 40.2. The molecule has 2 N–H and O–H groups in total. The number of carbonyl (C=O) groups is 2. The molecule has 11 nitrogen and oxygen atoms in total. The number of hydrogen-bond acceptors (Lipinski definition) is 7. The summed E-state index contributed by atoms with van der Waals surface area (Å²) in [6.07, 6.45) is -2.29. The largest absolute Gasteiger partial charge is 0.418 e. The van der Waals surface area contributed by atoms with Crippen LogP contribution in [0, 0.1) is 11.6 Å². The Morgan fingerprint density at radius 1 is 0.839 bits per heavy atom. The van der Waals surface area contributed by atoms with Crippen LogP contribution in [0.4, 0.5) is 27.6 Å². The van der Waals surface area contributed by atoms with Crippen LogP contribution in [0.15, 0.2) is 119 Å². The van der Waals surface area contributed by atoms with Crippen LogP contribution in [0.25, 0.3) is 16.8 Å². The van der Waals surface area contributed by atoms with Crippen molar-refractivity contribution in [3.63, 3.8) is 0 Å². The SMILES string of the molecule is CCCCc1nn(-c2cc(NC(=O)c3ccccn3)ccc2C(F)(F)F)c(=O)n1Cc1ccc(-c2ccccc2S(=O)(=O)NC(=O)c2ccccc2F)cc1F. The summed E-state index contributed by atoms with van der Waals surface area (Å²) in [6.45, 7) is 1.40. The summed E-state index contributed by atoms with van der Waals surface area (Å²) in [5.41, 5.74) is -3.48. The van der Waals surface area contributed by atoms with Crippen molar-refractivity contribution >= 4 is 27.5 Å². The van der Waals surface area contributed by atoms with E-state index in [1.165, 1.54) is 60.8 Å². The molecule has 0 radical (unpaired) electrons. The number of nitrogens with zero attached hydrogens (tertiary/aromatic N) is 4. The third-order valence-electron chi connectivity index (χ3n) is 8.59. The first kappa shape index (κ1) is 39.2. The molecule has 0 unspecified atom stereocenters. The zero-order valence-electron chi connectivity index (χ0n) is 29.3. The van der Waals surface area contributed by atoms with Crippen LogP contribution < -0.4 is 15.7 Å². The normalized spacial score (nSPS) is 11.7. The number of carbonyl (C=O) groups excluding carboxylic acids is 2. The van der Waals surface area contributed by atoms with Crippen molar-refractivity contribution in [3.05, 3.63) is 160 Å². The predicted octanol–water partition coefficient (Wildman–Crippen LogP) is 7.15. The minimum Gasteiger partial charge on any atom is -0.321 e. The number of nitrogens with one attached hydrogen (secondary N) is 2. The summed E-state index contributed by atoms with van der Waals surface area (Å²) in [5.74, 6) is -3.68. The summed E-state index contributed by atoms with van der Waals surface area (Å²) in [7, 11) is -4.61. The van der Waals surface area contributed by atoms with Crippen molar-refractivity contribution < 1.29 is 40.0 Å². The molecule has 288 valence electrons. The Bertz CT molecular complexity index is 2610. The van der Waals surface area contributed by atoms with Crippen molar-refractivity contribution in [2.75, 3.05) is 5.32 Å². The van der Waals surface area contributed by atoms with Gasteiger partial charge in [0.15, 0.2) is 0 Å². The van der Waals surface area contributed by atoms with Crippen LogP contribution in [-0.2, 0) is 29.2 Å². The van der Waals surface area contributed by atoms with Gasteiger partial charge < -0.3 is 5.32 Å². The minimum absolute atomic E-state index is 0.00177. The molecule has 0 aliphatic heterocycles. The molecule has 2 amide bonds. The van der Waals surface area contributed by atoms with Crippen LogP contribution in [-0.4, -0.2) is 39.6 Å². The number of alkyl halides is 3. The molecule has 0 saturated heterocycles. The quantitative estimate of drug-likeness (QED) is 0.125. The average molecular weight is 791 g/mol. The Morgan fingerprint density at radius 2 is 1.57 bits per heavy atom. The van der Waals surface area contributed by atoms with Gasteiger partial charge in [-0.25, -0.2) is 26.7 Å². The maximum absolute atomic E-state index is 15.9. The smallest absolute Gasteiger partial charge is 0.321 e. The van der Waals surface area contributed by atoms with E-state index in [1.54, 1.807) is 12.1 Å². The van der Waals surface area contributed by atoms with Gasteiger partial charge in [-0.2, -0.15) is 17.9 Å². The highest BCUT2D eigenvalue weighted by Crippen LogP contribution is 2.35. The molecule has 2 heterocycles. The van der Waals surface area contributed by atoms with E-state index in [0.717, 1.165) is 34.9 Å². The fourth-order valence-electron chi connectivity index (χ4n) is 5.82. The van der Waals surface area contributed by atoms with Crippen LogP contribution in [0.5, 0.6) is 0 Å². The van der Waals surface area contributed by atoms with E-state index in [2.05, 4.69) is 15.4 Å².